The lowest BCUT2D eigenvalue weighted by Crippen LogP contribution is -2.09. The van der Waals surface area contributed by atoms with Crippen molar-refractivity contribution in [2.75, 3.05) is 17.2 Å². The Morgan fingerprint density at radius 1 is 1.00 bits per heavy atom. The fraction of sp³-hybridized carbons (Fsp3) is 0.227. The fourth-order valence-electron chi connectivity index (χ4n) is 2.63. The van der Waals surface area contributed by atoms with E-state index in [2.05, 4.69) is 40.5 Å². The van der Waals surface area contributed by atoms with E-state index in [0.29, 0.717) is 23.2 Å². The number of hydrogen-bond acceptors (Lipinski definition) is 5. The van der Waals surface area contributed by atoms with Gasteiger partial charge in [-0.05, 0) is 30.5 Å². The molecule has 27 heavy (non-hydrogen) atoms. The van der Waals surface area contributed by atoms with Crippen LogP contribution in [0.5, 0.6) is 0 Å². The van der Waals surface area contributed by atoms with Crippen LogP contribution in [0.1, 0.15) is 25.8 Å². The van der Waals surface area contributed by atoms with E-state index >= 15 is 0 Å². The van der Waals surface area contributed by atoms with Gasteiger partial charge in [-0.25, -0.2) is 4.98 Å². The second kappa shape index (κ2) is 8.81. The van der Waals surface area contributed by atoms with Crippen LogP contribution < -0.4 is 10.6 Å². The summed E-state index contributed by atoms with van der Waals surface area (Å²) in [5, 5.41) is 15.7. The first-order valence-corrected chi connectivity index (χ1v) is 9.09. The van der Waals surface area contributed by atoms with Gasteiger partial charge in [-0.3, -0.25) is 0 Å². The van der Waals surface area contributed by atoms with Gasteiger partial charge in [0.1, 0.15) is 5.82 Å². The molecule has 0 bridgehead atoms. The van der Waals surface area contributed by atoms with Gasteiger partial charge >= 0.3 is 0 Å². The molecule has 0 spiro atoms. The zero-order chi connectivity index (χ0) is 19.1. The quantitative estimate of drug-likeness (QED) is 0.607. The van der Waals surface area contributed by atoms with Crippen molar-refractivity contribution in [3.05, 3.63) is 66.2 Å². The molecule has 0 saturated carbocycles. The van der Waals surface area contributed by atoms with E-state index in [0.717, 1.165) is 29.9 Å². The third-order valence-electron chi connectivity index (χ3n) is 4.06. The van der Waals surface area contributed by atoms with Gasteiger partial charge in [-0.2, -0.15) is 10.2 Å². The van der Waals surface area contributed by atoms with Crippen LogP contribution in [0, 0.1) is 17.2 Å². The van der Waals surface area contributed by atoms with Crippen molar-refractivity contribution in [3.8, 4) is 17.3 Å². The average molecular weight is 357 g/mol. The summed E-state index contributed by atoms with van der Waals surface area (Å²) in [5.74, 6) is 1.89. The topological polar surface area (TPSA) is 73.6 Å². The summed E-state index contributed by atoms with van der Waals surface area (Å²) >= 11 is 0. The summed E-state index contributed by atoms with van der Waals surface area (Å²) in [5.41, 5.74) is 3.30. The Morgan fingerprint density at radius 3 is 2.56 bits per heavy atom. The number of nitrogens with one attached hydrogen (secondary N) is 2. The molecule has 0 saturated heterocycles. The largest absolute Gasteiger partial charge is 0.354 e. The minimum atomic E-state index is 0.593. The third-order valence-corrected chi connectivity index (χ3v) is 4.06. The first kappa shape index (κ1) is 18.4. The lowest BCUT2D eigenvalue weighted by atomic mass is 10.1. The molecule has 1 aromatic heterocycles. The van der Waals surface area contributed by atoms with Gasteiger partial charge in [-0.1, -0.05) is 50.2 Å². The van der Waals surface area contributed by atoms with Crippen molar-refractivity contribution in [2.45, 2.75) is 20.3 Å². The Balaban J connectivity index is 1.90. The van der Waals surface area contributed by atoms with Crippen molar-refractivity contribution in [2.24, 2.45) is 5.92 Å². The molecule has 0 aliphatic rings. The van der Waals surface area contributed by atoms with Gasteiger partial charge in [0, 0.05) is 23.9 Å². The number of nitrogens with zero attached hydrogens (tertiary/aromatic N) is 3. The molecule has 0 aliphatic heterocycles. The number of anilines is 3. The molecule has 0 atom stereocenters. The van der Waals surface area contributed by atoms with E-state index in [1.54, 1.807) is 12.1 Å². The molecule has 0 aliphatic carbocycles. The van der Waals surface area contributed by atoms with Gasteiger partial charge < -0.3 is 10.6 Å². The molecule has 3 aromatic rings. The highest BCUT2D eigenvalue weighted by Crippen LogP contribution is 2.24. The van der Waals surface area contributed by atoms with E-state index in [9.17, 15) is 0 Å². The van der Waals surface area contributed by atoms with Crippen LogP contribution in [-0.4, -0.2) is 16.5 Å². The zero-order valence-electron chi connectivity index (χ0n) is 15.6. The van der Waals surface area contributed by atoms with E-state index < -0.39 is 0 Å². The van der Waals surface area contributed by atoms with Gasteiger partial charge in [0.15, 0.2) is 0 Å². The van der Waals surface area contributed by atoms with Crippen LogP contribution in [0.15, 0.2) is 60.7 Å². The Bertz CT molecular complexity index is 929. The SMILES string of the molecule is CC(C)CCNc1nc(Nc2cccc(C#N)c2)cc(-c2ccccc2)n1. The van der Waals surface area contributed by atoms with Crippen molar-refractivity contribution in [3.63, 3.8) is 0 Å². The van der Waals surface area contributed by atoms with Crippen LogP contribution in [0.25, 0.3) is 11.3 Å². The molecule has 0 fully saturated rings. The number of nitriles is 1. The lowest BCUT2D eigenvalue weighted by molar-refractivity contribution is 0.606. The molecular weight excluding hydrogens is 334 g/mol. The number of rotatable bonds is 7. The summed E-state index contributed by atoms with van der Waals surface area (Å²) in [6.45, 7) is 5.20. The maximum Gasteiger partial charge on any atom is 0.225 e. The summed E-state index contributed by atoms with van der Waals surface area (Å²) in [4.78, 5) is 9.25. The average Bonchev–Trinajstić information content (AvgIpc) is 2.68. The van der Waals surface area contributed by atoms with Crippen LogP contribution in [0.4, 0.5) is 17.5 Å². The van der Waals surface area contributed by atoms with Crippen LogP contribution in [-0.2, 0) is 0 Å². The smallest absolute Gasteiger partial charge is 0.225 e. The first-order chi connectivity index (χ1) is 13.1. The highest BCUT2D eigenvalue weighted by atomic mass is 15.1. The predicted molar refractivity (Wildman–Crippen MR) is 110 cm³/mol. The molecule has 0 amide bonds. The normalized spacial score (nSPS) is 10.4. The maximum atomic E-state index is 9.09. The van der Waals surface area contributed by atoms with Crippen LogP contribution >= 0.6 is 0 Å². The predicted octanol–water partition coefficient (Wildman–Crippen LogP) is 5.22. The summed E-state index contributed by atoms with van der Waals surface area (Å²) in [6.07, 6.45) is 1.05. The van der Waals surface area contributed by atoms with Gasteiger partial charge in [0.05, 0.1) is 17.3 Å². The van der Waals surface area contributed by atoms with Gasteiger partial charge in [0.25, 0.3) is 0 Å². The molecule has 2 aromatic carbocycles. The number of aromatic nitrogens is 2. The monoisotopic (exact) mass is 357 g/mol. The van der Waals surface area contributed by atoms with E-state index in [1.807, 2.05) is 48.5 Å². The van der Waals surface area contributed by atoms with E-state index in [-0.39, 0.29) is 0 Å². The number of benzene rings is 2. The first-order valence-electron chi connectivity index (χ1n) is 9.09. The van der Waals surface area contributed by atoms with Gasteiger partial charge in [-0.15, -0.1) is 0 Å². The standard InChI is InChI=1S/C22H23N5/c1-16(2)11-12-24-22-26-20(18-8-4-3-5-9-18)14-21(27-22)25-19-10-6-7-17(13-19)15-23/h3-10,13-14,16H,11-12H2,1-2H3,(H2,24,25,26,27). The fourth-order valence-corrected chi connectivity index (χ4v) is 2.63. The molecule has 0 radical (unpaired) electrons. The number of hydrogen-bond donors (Lipinski definition) is 2. The highest BCUT2D eigenvalue weighted by molar-refractivity contribution is 5.67. The second-order valence-corrected chi connectivity index (χ2v) is 6.75. The van der Waals surface area contributed by atoms with Gasteiger partial charge in [0.2, 0.25) is 5.95 Å². The molecule has 1 heterocycles. The lowest BCUT2D eigenvalue weighted by Gasteiger charge is -2.12. The zero-order valence-corrected chi connectivity index (χ0v) is 15.6. The Morgan fingerprint density at radius 2 is 1.81 bits per heavy atom. The molecule has 136 valence electrons. The summed E-state index contributed by atoms with van der Waals surface area (Å²) in [6, 6.07) is 21.4. The molecule has 5 nitrogen and oxygen atoms in total. The van der Waals surface area contributed by atoms with Crippen LogP contribution in [0.3, 0.4) is 0 Å². The molecular formula is C22H23N5. The van der Waals surface area contributed by atoms with Crippen LogP contribution in [0.2, 0.25) is 0 Å². The Hall–Kier alpha value is -3.39. The highest BCUT2D eigenvalue weighted by Gasteiger charge is 2.08. The summed E-state index contributed by atoms with van der Waals surface area (Å²) < 4.78 is 0. The Labute approximate surface area is 160 Å². The van der Waals surface area contributed by atoms with Crippen molar-refractivity contribution in [1.82, 2.24) is 9.97 Å². The maximum absolute atomic E-state index is 9.09. The minimum absolute atomic E-state index is 0.593. The molecule has 0 unspecified atom stereocenters. The van der Waals surface area contributed by atoms with E-state index in [4.69, 9.17) is 5.26 Å². The summed E-state index contributed by atoms with van der Waals surface area (Å²) in [7, 11) is 0. The van der Waals surface area contributed by atoms with Crippen molar-refractivity contribution in [1.29, 1.82) is 5.26 Å². The Kier molecular flexibility index (Phi) is 6.01. The third kappa shape index (κ3) is 5.29. The van der Waals surface area contributed by atoms with E-state index in [1.165, 1.54) is 0 Å². The van der Waals surface area contributed by atoms with Crippen molar-refractivity contribution >= 4 is 17.5 Å². The minimum Gasteiger partial charge on any atom is -0.354 e. The second-order valence-electron chi connectivity index (χ2n) is 6.75. The molecule has 2 N–H and O–H groups in total. The molecule has 3 rings (SSSR count). The van der Waals surface area contributed by atoms with Crippen molar-refractivity contribution < 1.29 is 0 Å². The molecule has 5 heteroatoms.